The number of anilines is 1. The van der Waals surface area contributed by atoms with Crippen LogP contribution in [0, 0.1) is 5.92 Å². The van der Waals surface area contributed by atoms with E-state index in [1.165, 1.54) is 18.2 Å². The molecule has 158 valence electrons. The van der Waals surface area contributed by atoms with E-state index in [0.717, 1.165) is 37.4 Å². The average Bonchev–Trinajstić information content (AvgIpc) is 3.38. The van der Waals surface area contributed by atoms with Crippen molar-refractivity contribution in [2.45, 2.75) is 26.2 Å². The Hall–Kier alpha value is -3.07. The number of fused-ring (bicyclic) bond motifs is 1. The summed E-state index contributed by atoms with van der Waals surface area (Å²) < 4.78 is 38.8. The third-order valence-electron chi connectivity index (χ3n) is 4.97. The number of halogens is 2. The van der Waals surface area contributed by atoms with Crippen LogP contribution in [0.15, 0.2) is 36.7 Å². The van der Waals surface area contributed by atoms with Crippen LogP contribution >= 0.6 is 0 Å². The molecule has 0 radical (unpaired) electrons. The SMILES string of the molecule is CCOc1cc2[nH]c(C[C@H]3CCOC3)c[n+]2cc1NC(=O)c1cccc(C(F)F)n1. The number of aromatic amines is 1. The summed E-state index contributed by atoms with van der Waals surface area (Å²) in [6.45, 7) is 3.81. The number of nitrogens with zero attached hydrogens (tertiary/aromatic N) is 2. The normalized spacial score (nSPS) is 16.3. The van der Waals surface area contributed by atoms with Crippen LogP contribution in [0.25, 0.3) is 5.65 Å². The summed E-state index contributed by atoms with van der Waals surface area (Å²) in [6.07, 6.45) is 2.87. The third-order valence-corrected chi connectivity index (χ3v) is 4.97. The van der Waals surface area contributed by atoms with E-state index in [1.807, 2.05) is 17.5 Å². The Morgan fingerprint density at radius 3 is 3.03 bits per heavy atom. The van der Waals surface area contributed by atoms with Crippen LogP contribution in [-0.2, 0) is 11.2 Å². The lowest BCUT2D eigenvalue weighted by atomic mass is 10.0. The fourth-order valence-electron chi connectivity index (χ4n) is 3.53. The molecule has 3 aromatic rings. The summed E-state index contributed by atoms with van der Waals surface area (Å²) in [7, 11) is 0. The zero-order valence-corrected chi connectivity index (χ0v) is 16.5. The number of ether oxygens (including phenoxy) is 2. The predicted octanol–water partition coefficient (Wildman–Crippen LogP) is 3.32. The summed E-state index contributed by atoms with van der Waals surface area (Å²) in [4.78, 5) is 19.7. The second-order valence-electron chi connectivity index (χ2n) is 7.19. The quantitative estimate of drug-likeness (QED) is 0.578. The van der Waals surface area contributed by atoms with Crippen molar-refractivity contribution < 1.29 is 27.4 Å². The van der Waals surface area contributed by atoms with Gasteiger partial charge in [0.25, 0.3) is 18.0 Å². The second-order valence-corrected chi connectivity index (χ2v) is 7.19. The van der Waals surface area contributed by atoms with Crippen molar-refractivity contribution in [1.82, 2.24) is 9.97 Å². The minimum absolute atomic E-state index is 0.0867. The zero-order valence-electron chi connectivity index (χ0n) is 16.5. The van der Waals surface area contributed by atoms with Gasteiger partial charge in [-0.2, -0.15) is 0 Å². The number of aromatic nitrogens is 3. The van der Waals surface area contributed by atoms with E-state index >= 15 is 0 Å². The lowest BCUT2D eigenvalue weighted by Crippen LogP contribution is -2.22. The Morgan fingerprint density at radius 2 is 2.30 bits per heavy atom. The Bertz CT molecular complexity index is 1050. The Balaban J connectivity index is 1.60. The molecule has 30 heavy (non-hydrogen) atoms. The maximum absolute atomic E-state index is 12.9. The van der Waals surface area contributed by atoms with Crippen molar-refractivity contribution >= 4 is 17.2 Å². The van der Waals surface area contributed by atoms with Gasteiger partial charge >= 0.3 is 0 Å². The first-order valence-corrected chi connectivity index (χ1v) is 9.87. The number of hydrogen-bond acceptors (Lipinski definition) is 4. The van der Waals surface area contributed by atoms with Gasteiger partial charge in [-0.1, -0.05) is 6.07 Å². The number of H-pyrrole nitrogens is 1. The van der Waals surface area contributed by atoms with Gasteiger partial charge in [-0.3, -0.25) is 4.79 Å². The fourth-order valence-corrected chi connectivity index (χ4v) is 3.53. The lowest BCUT2D eigenvalue weighted by molar-refractivity contribution is -0.509. The van der Waals surface area contributed by atoms with E-state index in [4.69, 9.17) is 9.47 Å². The molecule has 1 fully saturated rings. The smallest absolute Gasteiger partial charge is 0.288 e. The van der Waals surface area contributed by atoms with Crippen LogP contribution in [-0.4, -0.2) is 35.7 Å². The van der Waals surface area contributed by atoms with Gasteiger partial charge in [-0.25, -0.2) is 23.1 Å². The highest BCUT2D eigenvalue weighted by Gasteiger charge is 2.22. The fraction of sp³-hybridized carbons (Fsp3) is 0.381. The maximum Gasteiger partial charge on any atom is 0.288 e. The van der Waals surface area contributed by atoms with E-state index in [9.17, 15) is 13.6 Å². The molecular weight excluding hydrogens is 394 g/mol. The molecule has 0 spiro atoms. The van der Waals surface area contributed by atoms with Crippen LogP contribution in [0.5, 0.6) is 5.75 Å². The van der Waals surface area contributed by atoms with Crippen molar-refractivity contribution in [2.75, 3.05) is 25.1 Å². The largest absolute Gasteiger partial charge is 0.491 e. The molecule has 0 saturated carbocycles. The molecule has 2 N–H and O–H groups in total. The average molecular weight is 417 g/mol. The minimum atomic E-state index is -2.74. The predicted molar refractivity (Wildman–Crippen MR) is 105 cm³/mol. The molecule has 3 aromatic heterocycles. The molecule has 9 heteroatoms. The van der Waals surface area contributed by atoms with Crippen molar-refractivity contribution in [1.29, 1.82) is 0 Å². The van der Waals surface area contributed by atoms with Crippen molar-refractivity contribution in [2.24, 2.45) is 5.92 Å². The van der Waals surface area contributed by atoms with E-state index in [0.29, 0.717) is 24.0 Å². The number of carbonyl (C=O) groups is 1. The third kappa shape index (κ3) is 4.40. The Labute approximate surface area is 172 Å². The number of amides is 1. The van der Waals surface area contributed by atoms with Gasteiger partial charge in [0.05, 0.1) is 12.7 Å². The minimum Gasteiger partial charge on any atom is -0.491 e. The molecule has 1 aliphatic rings. The number of pyridine rings is 2. The molecular formula is C21H23F2N4O3+. The van der Waals surface area contributed by atoms with Crippen LogP contribution < -0.4 is 14.5 Å². The zero-order chi connectivity index (χ0) is 21.1. The van der Waals surface area contributed by atoms with Crippen molar-refractivity contribution in [3.63, 3.8) is 0 Å². The topological polar surface area (TPSA) is 80.3 Å². The standard InChI is InChI=1S/C21H22F2N4O3/c1-2-30-18-9-19-24-14(8-13-6-7-29-12-13)10-27(19)11-17(18)26-21(28)16-5-3-4-15(25-16)20(22)23/h3-5,9-11,13,20H,2,6-8,12H2,1H3,(H,26,28)/p+1/t13-/m1/s1. The van der Waals surface area contributed by atoms with Gasteiger partial charge < -0.3 is 14.8 Å². The van der Waals surface area contributed by atoms with E-state index < -0.39 is 18.0 Å². The number of alkyl halides is 2. The number of nitrogens with one attached hydrogen (secondary N) is 2. The van der Waals surface area contributed by atoms with Crippen molar-refractivity contribution in [3.8, 4) is 5.75 Å². The molecule has 0 bridgehead atoms. The molecule has 0 unspecified atom stereocenters. The van der Waals surface area contributed by atoms with Gasteiger partial charge in [-0.15, -0.1) is 0 Å². The monoisotopic (exact) mass is 417 g/mol. The highest BCUT2D eigenvalue weighted by Crippen LogP contribution is 2.26. The maximum atomic E-state index is 12.9. The Morgan fingerprint density at radius 1 is 1.43 bits per heavy atom. The summed E-state index contributed by atoms with van der Waals surface area (Å²) in [5, 5.41) is 2.73. The van der Waals surface area contributed by atoms with Crippen LogP contribution in [0.4, 0.5) is 14.5 Å². The van der Waals surface area contributed by atoms with Gasteiger partial charge in [0.15, 0.2) is 5.75 Å². The first-order valence-electron chi connectivity index (χ1n) is 9.87. The summed E-state index contributed by atoms with van der Waals surface area (Å²) in [5.74, 6) is 0.378. The highest BCUT2D eigenvalue weighted by molar-refractivity contribution is 6.03. The summed E-state index contributed by atoms with van der Waals surface area (Å²) >= 11 is 0. The second kappa shape index (κ2) is 8.74. The summed E-state index contributed by atoms with van der Waals surface area (Å²) in [5.41, 5.74) is 1.78. The van der Waals surface area contributed by atoms with Crippen LogP contribution in [0.1, 0.15) is 41.6 Å². The van der Waals surface area contributed by atoms with E-state index in [-0.39, 0.29) is 5.69 Å². The molecule has 1 saturated heterocycles. The number of hydrogen-bond donors (Lipinski definition) is 2. The Kier molecular flexibility index (Phi) is 5.89. The van der Waals surface area contributed by atoms with Gasteiger partial charge in [0, 0.05) is 19.6 Å². The van der Waals surface area contributed by atoms with E-state index in [1.54, 1.807) is 12.3 Å². The van der Waals surface area contributed by atoms with Crippen LogP contribution in [0.2, 0.25) is 0 Å². The summed E-state index contributed by atoms with van der Waals surface area (Å²) in [6, 6.07) is 5.77. The van der Waals surface area contributed by atoms with Crippen molar-refractivity contribution in [3.05, 3.63) is 53.7 Å². The van der Waals surface area contributed by atoms with Gasteiger partial charge in [-0.05, 0) is 31.4 Å². The lowest BCUT2D eigenvalue weighted by Gasteiger charge is -2.10. The van der Waals surface area contributed by atoms with Gasteiger partial charge in [0.2, 0.25) is 0 Å². The molecule has 4 rings (SSSR count). The highest BCUT2D eigenvalue weighted by atomic mass is 19.3. The molecule has 0 aliphatic carbocycles. The molecule has 1 atom stereocenters. The molecule has 0 aromatic carbocycles. The molecule has 7 nitrogen and oxygen atoms in total. The van der Waals surface area contributed by atoms with E-state index in [2.05, 4.69) is 15.3 Å². The number of imidazole rings is 1. The first-order chi connectivity index (χ1) is 14.5. The first kappa shape index (κ1) is 20.2. The molecule has 1 amide bonds. The van der Waals surface area contributed by atoms with Crippen LogP contribution in [0.3, 0.4) is 0 Å². The molecule has 4 heterocycles. The number of carbonyl (C=O) groups excluding carboxylic acids is 1. The number of rotatable bonds is 7. The molecule has 1 aliphatic heterocycles. The van der Waals surface area contributed by atoms with Gasteiger partial charge in [0.1, 0.15) is 35.2 Å².